The van der Waals surface area contributed by atoms with Crippen LogP contribution in [-0.2, 0) is 6.54 Å². The van der Waals surface area contributed by atoms with Crippen molar-refractivity contribution in [3.8, 4) is 0 Å². The van der Waals surface area contributed by atoms with Gasteiger partial charge in [0.15, 0.2) is 0 Å². The molecule has 2 heterocycles. The maximum Gasteiger partial charge on any atom is 0.256 e. The fourth-order valence-corrected chi connectivity index (χ4v) is 2.18. The molecule has 0 aliphatic rings. The number of amides is 1. The highest BCUT2D eigenvalue weighted by Crippen LogP contribution is 2.14. The predicted octanol–water partition coefficient (Wildman–Crippen LogP) is 4.19. The number of rotatable bonds is 5. The molecule has 0 fully saturated rings. The zero-order valence-corrected chi connectivity index (χ0v) is 12.9. The molecule has 2 N–H and O–H groups in total. The Balaban J connectivity index is 1.59. The molecule has 2 aromatic heterocycles. The molecule has 0 aliphatic carbocycles. The highest BCUT2D eigenvalue weighted by atomic mass is 35.5. The average Bonchev–Trinajstić information content (AvgIpc) is 3.08. The smallest absolute Gasteiger partial charge is 0.256 e. The summed E-state index contributed by atoms with van der Waals surface area (Å²) in [5.41, 5.74) is 1.32. The Morgan fingerprint density at radius 2 is 2.09 bits per heavy atom. The van der Waals surface area contributed by atoms with Crippen molar-refractivity contribution in [3.63, 3.8) is 0 Å². The van der Waals surface area contributed by atoms with Crippen molar-refractivity contribution in [2.45, 2.75) is 6.54 Å². The van der Waals surface area contributed by atoms with Crippen molar-refractivity contribution in [1.82, 2.24) is 4.98 Å². The van der Waals surface area contributed by atoms with Gasteiger partial charge in [-0.3, -0.25) is 4.79 Å². The van der Waals surface area contributed by atoms with E-state index in [4.69, 9.17) is 16.0 Å². The van der Waals surface area contributed by atoms with E-state index in [9.17, 15) is 4.79 Å². The summed E-state index contributed by atoms with van der Waals surface area (Å²) in [5, 5.41) is 6.42. The summed E-state index contributed by atoms with van der Waals surface area (Å²) in [6.07, 6.45) is 3.28. The van der Waals surface area contributed by atoms with Crippen LogP contribution in [-0.4, -0.2) is 10.9 Å². The van der Waals surface area contributed by atoms with E-state index in [0.29, 0.717) is 22.9 Å². The Kier molecular flexibility index (Phi) is 4.59. The minimum absolute atomic E-state index is 0.253. The number of halogens is 1. The molecule has 1 aromatic carbocycles. The molecular formula is C17H14ClN3O2. The first-order chi connectivity index (χ1) is 11.2. The van der Waals surface area contributed by atoms with Crippen molar-refractivity contribution in [3.05, 3.63) is 77.3 Å². The summed E-state index contributed by atoms with van der Waals surface area (Å²) >= 11 is 5.88. The highest BCUT2D eigenvalue weighted by molar-refractivity contribution is 6.31. The standard InChI is InChI=1S/C17H14ClN3O2/c18-13-4-1-3-12(9-13)17(22)21-16-7-6-14(10-20-16)19-11-15-5-2-8-23-15/h1-10,19H,11H2,(H,20,21,22). The van der Waals surface area contributed by atoms with E-state index in [-0.39, 0.29) is 5.91 Å². The van der Waals surface area contributed by atoms with Crippen LogP contribution in [0.25, 0.3) is 0 Å². The number of aromatic nitrogens is 1. The number of carbonyl (C=O) groups excluding carboxylic acids is 1. The average molecular weight is 328 g/mol. The second-order valence-electron chi connectivity index (χ2n) is 4.83. The van der Waals surface area contributed by atoms with Gasteiger partial charge in [0, 0.05) is 10.6 Å². The van der Waals surface area contributed by atoms with Crippen LogP contribution in [0.15, 0.2) is 65.4 Å². The van der Waals surface area contributed by atoms with Crippen molar-refractivity contribution in [2.75, 3.05) is 10.6 Å². The molecule has 3 aromatic rings. The maximum absolute atomic E-state index is 12.1. The lowest BCUT2D eigenvalue weighted by Crippen LogP contribution is -2.12. The Morgan fingerprint density at radius 3 is 2.78 bits per heavy atom. The molecule has 1 amide bonds. The quantitative estimate of drug-likeness (QED) is 0.737. The molecule has 0 saturated heterocycles. The number of benzene rings is 1. The van der Waals surface area contributed by atoms with Gasteiger partial charge in [0.25, 0.3) is 5.91 Å². The normalized spacial score (nSPS) is 10.3. The molecule has 6 heteroatoms. The Bertz CT molecular complexity index is 786. The Hall–Kier alpha value is -2.79. The van der Waals surface area contributed by atoms with Gasteiger partial charge in [0.1, 0.15) is 11.6 Å². The van der Waals surface area contributed by atoms with Gasteiger partial charge < -0.3 is 15.1 Å². The molecule has 5 nitrogen and oxygen atoms in total. The topological polar surface area (TPSA) is 67.2 Å². The van der Waals surface area contributed by atoms with Gasteiger partial charge in [-0.15, -0.1) is 0 Å². The van der Waals surface area contributed by atoms with E-state index in [2.05, 4.69) is 15.6 Å². The first-order valence-corrected chi connectivity index (χ1v) is 7.38. The molecule has 0 spiro atoms. The third kappa shape index (κ3) is 4.11. The van der Waals surface area contributed by atoms with Gasteiger partial charge in [-0.2, -0.15) is 0 Å². The van der Waals surface area contributed by atoms with Gasteiger partial charge in [-0.1, -0.05) is 17.7 Å². The highest BCUT2D eigenvalue weighted by Gasteiger charge is 2.07. The first kappa shape index (κ1) is 15.1. The molecule has 0 atom stereocenters. The molecular weight excluding hydrogens is 314 g/mol. The predicted molar refractivity (Wildman–Crippen MR) is 89.7 cm³/mol. The lowest BCUT2D eigenvalue weighted by Gasteiger charge is -2.07. The van der Waals surface area contributed by atoms with Crippen LogP contribution in [0.4, 0.5) is 11.5 Å². The number of nitrogens with zero attached hydrogens (tertiary/aromatic N) is 1. The maximum atomic E-state index is 12.1. The number of pyridine rings is 1. The monoisotopic (exact) mass is 327 g/mol. The van der Waals surface area contributed by atoms with E-state index < -0.39 is 0 Å². The van der Waals surface area contributed by atoms with Gasteiger partial charge in [-0.05, 0) is 42.5 Å². The van der Waals surface area contributed by atoms with E-state index in [1.165, 1.54) is 0 Å². The van der Waals surface area contributed by atoms with Crippen LogP contribution in [0.3, 0.4) is 0 Å². The molecule has 0 bridgehead atoms. The zero-order valence-electron chi connectivity index (χ0n) is 12.1. The van der Waals surface area contributed by atoms with Crippen LogP contribution in [0.1, 0.15) is 16.1 Å². The first-order valence-electron chi connectivity index (χ1n) is 7.00. The second-order valence-corrected chi connectivity index (χ2v) is 5.27. The second kappa shape index (κ2) is 6.98. The van der Waals surface area contributed by atoms with Gasteiger partial charge in [0.05, 0.1) is 24.7 Å². The summed E-state index contributed by atoms with van der Waals surface area (Å²) in [4.78, 5) is 16.3. The molecule has 0 aliphatic heterocycles. The summed E-state index contributed by atoms with van der Waals surface area (Å²) in [6.45, 7) is 0.572. The van der Waals surface area contributed by atoms with Crippen LogP contribution < -0.4 is 10.6 Å². The van der Waals surface area contributed by atoms with Crippen molar-refractivity contribution in [2.24, 2.45) is 0 Å². The van der Waals surface area contributed by atoms with Crippen molar-refractivity contribution in [1.29, 1.82) is 0 Å². The summed E-state index contributed by atoms with van der Waals surface area (Å²) in [7, 11) is 0. The molecule has 23 heavy (non-hydrogen) atoms. The number of carbonyl (C=O) groups is 1. The molecule has 0 radical (unpaired) electrons. The van der Waals surface area contributed by atoms with Crippen molar-refractivity contribution < 1.29 is 9.21 Å². The van der Waals surface area contributed by atoms with Crippen LogP contribution in [0.5, 0.6) is 0 Å². The fraction of sp³-hybridized carbons (Fsp3) is 0.0588. The van der Waals surface area contributed by atoms with Crippen LogP contribution >= 0.6 is 11.6 Å². The Labute approximate surface area is 138 Å². The third-order valence-corrected chi connectivity index (χ3v) is 3.37. The molecule has 0 unspecified atom stereocenters. The lowest BCUT2D eigenvalue weighted by atomic mass is 10.2. The number of hydrogen-bond donors (Lipinski definition) is 2. The number of anilines is 2. The van der Waals surface area contributed by atoms with E-state index >= 15 is 0 Å². The summed E-state index contributed by atoms with van der Waals surface area (Å²) in [5.74, 6) is 1.05. The fourth-order valence-electron chi connectivity index (χ4n) is 1.99. The minimum atomic E-state index is -0.253. The van der Waals surface area contributed by atoms with Crippen LogP contribution in [0, 0.1) is 0 Å². The molecule has 3 rings (SSSR count). The SMILES string of the molecule is O=C(Nc1ccc(NCc2ccco2)cn1)c1cccc(Cl)c1. The minimum Gasteiger partial charge on any atom is -0.467 e. The molecule has 116 valence electrons. The van der Waals surface area contributed by atoms with Crippen LogP contribution in [0.2, 0.25) is 5.02 Å². The number of hydrogen-bond acceptors (Lipinski definition) is 4. The summed E-state index contributed by atoms with van der Waals surface area (Å²) in [6, 6.07) is 14.0. The van der Waals surface area contributed by atoms with Crippen molar-refractivity contribution >= 4 is 29.0 Å². The Morgan fingerprint density at radius 1 is 1.17 bits per heavy atom. The number of nitrogens with one attached hydrogen (secondary N) is 2. The van der Waals surface area contributed by atoms with Gasteiger partial charge in [0.2, 0.25) is 0 Å². The lowest BCUT2D eigenvalue weighted by molar-refractivity contribution is 0.102. The molecule has 0 saturated carbocycles. The van der Waals surface area contributed by atoms with E-state index in [1.54, 1.807) is 42.8 Å². The largest absolute Gasteiger partial charge is 0.467 e. The summed E-state index contributed by atoms with van der Waals surface area (Å²) < 4.78 is 5.24. The van der Waals surface area contributed by atoms with Gasteiger partial charge >= 0.3 is 0 Å². The van der Waals surface area contributed by atoms with E-state index in [0.717, 1.165) is 11.4 Å². The van der Waals surface area contributed by atoms with E-state index in [1.807, 2.05) is 18.2 Å². The number of furan rings is 1. The zero-order chi connectivity index (χ0) is 16.1. The van der Waals surface area contributed by atoms with Gasteiger partial charge in [-0.25, -0.2) is 4.98 Å². The third-order valence-electron chi connectivity index (χ3n) is 3.14.